The minimum absolute atomic E-state index is 0.0543. The highest BCUT2D eigenvalue weighted by molar-refractivity contribution is 5.82. The fraction of sp³-hybridized carbons (Fsp3) is 0.826. The molecule has 6 nitrogen and oxygen atoms in total. The summed E-state index contributed by atoms with van der Waals surface area (Å²) >= 11 is 0. The van der Waals surface area contributed by atoms with Crippen LogP contribution in [0.2, 0.25) is 0 Å². The van der Waals surface area contributed by atoms with E-state index in [1.807, 2.05) is 20.8 Å². The maximum atomic E-state index is 12.0. The number of carbonyl (C=O) groups is 2. The first kappa shape index (κ1) is 23.9. The van der Waals surface area contributed by atoms with Crippen molar-refractivity contribution in [2.75, 3.05) is 7.11 Å². The molecule has 2 aliphatic rings. The molecule has 0 radical (unpaired) electrons. The summed E-state index contributed by atoms with van der Waals surface area (Å²) in [4.78, 5) is 23.2. The molecule has 0 spiro atoms. The fourth-order valence-electron chi connectivity index (χ4n) is 6.14. The van der Waals surface area contributed by atoms with E-state index in [2.05, 4.69) is 13.8 Å². The molecule has 2 saturated carbocycles. The van der Waals surface area contributed by atoms with Gasteiger partial charge >= 0.3 is 11.9 Å². The largest absolute Gasteiger partial charge is 0.466 e. The smallest absolute Gasteiger partial charge is 0.330 e. The van der Waals surface area contributed by atoms with Crippen LogP contribution in [0.1, 0.15) is 73.6 Å². The number of methoxy groups -OCH3 is 1. The SMILES string of the molecule is COC(=O)C=C(C)CCC1(O)C(C)CCC2C(C)(C)C(O)C(OC(C)=O)CC21C. The van der Waals surface area contributed by atoms with Crippen LogP contribution in [0.15, 0.2) is 11.6 Å². The van der Waals surface area contributed by atoms with Crippen LogP contribution in [0, 0.1) is 22.7 Å². The van der Waals surface area contributed by atoms with Crippen LogP contribution < -0.4 is 0 Å². The standard InChI is InChI=1S/C23H38O6/c1-14(12-19(25)28-7)10-11-23(27)15(2)8-9-18-21(4,5)20(26)17(29-16(3)24)13-22(18,23)6/h12,15,17-18,20,26-27H,8-11,13H2,1-7H3. The van der Waals surface area contributed by atoms with E-state index in [4.69, 9.17) is 9.47 Å². The van der Waals surface area contributed by atoms with Gasteiger partial charge in [-0.25, -0.2) is 4.79 Å². The molecule has 0 aromatic carbocycles. The zero-order chi connectivity index (χ0) is 22.2. The average molecular weight is 411 g/mol. The third-order valence-corrected chi connectivity index (χ3v) is 7.88. The highest BCUT2D eigenvalue weighted by Gasteiger charge is 2.65. The molecule has 0 saturated heterocycles. The van der Waals surface area contributed by atoms with Gasteiger partial charge in [-0.15, -0.1) is 0 Å². The van der Waals surface area contributed by atoms with Gasteiger partial charge in [-0.05, 0) is 56.3 Å². The number of aliphatic hydroxyl groups is 2. The Morgan fingerprint density at radius 2 is 1.79 bits per heavy atom. The minimum Gasteiger partial charge on any atom is -0.466 e. The summed E-state index contributed by atoms with van der Waals surface area (Å²) in [5, 5.41) is 23.0. The summed E-state index contributed by atoms with van der Waals surface area (Å²) in [6, 6.07) is 0. The fourth-order valence-corrected chi connectivity index (χ4v) is 6.14. The number of carbonyl (C=O) groups excluding carboxylic acids is 2. The molecule has 0 aromatic heterocycles. The Hall–Kier alpha value is -1.40. The number of esters is 2. The lowest BCUT2D eigenvalue weighted by atomic mass is 9.43. The quantitative estimate of drug-likeness (QED) is 0.533. The number of aliphatic hydroxyl groups excluding tert-OH is 1. The number of fused-ring (bicyclic) bond motifs is 1. The number of hydrogen-bond acceptors (Lipinski definition) is 6. The molecule has 2 aliphatic carbocycles. The summed E-state index contributed by atoms with van der Waals surface area (Å²) < 4.78 is 10.2. The maximum absolute atomic E-state index is 12.0. The molecule has 6 atom stereocenters. The van der Waals surface area contributed by atoms with Crippen molar-refractivity contribution in [1.29, 1.82) is 0 Å². The first-order valence-corrected chi connectivity index (χ1v) is 10.6. The second-order valence-corrected chi connectivity index (χ2v) is 10.0. The van der Waals surface area contributed by atoms with Crippen LogP contribution in [-0.2, 0) is 19.1 Å². The maximum Gasteiger partial charge on any atom is 0.330 e. The highest BCUT2D eigenvalue weighted by Crippen LogP contribution is 2.64. The molecule has 166 valence electrons. The number of ether oxygens (including phenoxy) is 2. The van der Waals surface area contributed by atoms with Crippen molar-refractivity contribution in [2.45, 2.75) is 91.5 Å². The minimum atomic E-state index is -1.00. The predicted molar refractivity (Wildman–Crippen MR) is 110 cm³/mol. The number of rotatable bonds is 5. The van der Waals surface area contributed by atoms with Crippen LogP contribution in [0.3, 0.4) is 0 Å². The second-order valence-electron chi connectivity index (χ2n) is 10.0. The van der Waals surface area contributed by atoms with Crippen LogP contribution in [-0.4, -0.2) is 47.1 Å². The monoisotopic (exact) mass is 410 g/mol. The van der Waals surface area contributed by atoms with Gasteiger partial charge in [0.2, 0.25) is 0 Å². The molecular weight excluding hydrogens is 372 g/mol. The molecule has 2 fully saturated rings. The Balaban J connectivity index is 2.39. The van der Waals surface area contributed by atoms with E-state index >= 15 is 0 Å². The van der Waals surface area contributed by atoms with Gasteiger partial charge in [-0.2, -0.15) is 0 Å². The van der Waals surface area contributed by atoms with Crippen molar-refractivity contribution in [3.05, 3.63) is 11.6 Å². The summed E-state index contributed by atoms with van der Waals surface area (Å²) in [5.41, 5.74) is -1.18. The highest BCUT2D eigenvalue weighted by atomic mass is 16.6. The third kappa shape index (κ3) is 4.24. The number of allylic oxidation sites excluding steroid dienone is 1. The molecular formula is C23H38O6. The first-order valence-electron chi connectivity index (χ1n) is 10.6. The van der Waals surface area contributed by atoms with Crippen molar-refractivity contribution in [2.24, 2.45) is 22.7 Å². The normalized spacial score (nSPS) is 39.4. The van der Waals surface area contributed by atoms with Gasteiger partial charge in [-0.1, -0.05) is 33.3 Å². The third-order valence-electron chi connectivity index (χ3n) is 7.88. The van der Waals surface area contributed by atoms with Crippen molar-refractivity contribution >= 4 is 11.9 Å². The summed E-state index contributed by atoms with van der Waals surface area (Å²) in [6.45, 7) is 11.4. The van der Waals surface area contributed by atoms with E-state index in [1.165, 1.54) is 20.1 Å². The summed E-state index contributed by atoms with van der Waals surface area (Å²) in [6.07, 6.45) is 3.31. The second kappa shape index (κ2) is 8.38. The first-order chi connectivity index (χ1) is 13.3. The van der Waals surface area contributed by atoms with E-state index in [1.54, 1.807) is 0 Å². The van der Waals surface area contributed by atoms with Gasteiger partial charge in [-0.3, -0.25) is 4.79 Å². The van der Waals surface area contributed by atoms with Gasteiger partial charge in [0.05, 0.1) is 18.8 Å². The van der Waals surface area contributed by atoms with E-state index in [9.17, 15) is 19.8 Å². The number of hydrogen-bond donors (Lipinski definition) is 2. The van der Waals surface area contributed by atoms with E-state index < -0.39 is 40.6 Å². The molecule has 6 heteroatoms. The molecule has 6 unspecified atom stereocenters. The molecule has 0 heterocycles. The molecule has 0 aliphatic heterocycles. The Morgan fingerprint density at radius 1 is 1.17 bits per heavy atom. The Kier molecular flexibility index (Phi) is 6.90. The lowest BCUT2D eigenvalue weighted by molar-refractivity contribution is -0.260. The Labute approximate surface area is 174 Å². The lowest BCUT2D eigenvalue weighted by Crippen LogP contribution is -2.68. The molecule has 0 amide bonds. The van der Waals surface area contributed by atoms with Crippen molar-refractivity contribution < 1.29 is 29.3 Å². The lowest BCUT2D eigenvalue weighted by Gasteiger charge is -2.65. The Bertz CT molecular complexity index is 668. The predicted octanol–water partition coefficient (Wildman–Crippen LogP) is 3.39. The average Bonchev–Trinajstić information content (AvgIpc) is 2.62. The molecule has 0 bridgehead atoms. The molecule has 2 rings (SSSR count). The van der Waals surface area contributed by atoms with Crippen molar-refractivity contribution in [3.8, 4) is 0 Å². The van der Waals surface area contributed by atoms with Crippen LogP contribution in [0.4, 0.5) is 0 Å². The van der Waals surface area contributed by atoms with Gasteiger partial charge < -0.3 is 19.7 Å². The van der Waals surface area contributed by atoms with Crippen LogP contribution >= 0.6 is 0 Å². The molecule has 2 N–H and O–H groups in total. The van der Waals surface area contributed by atoms with Gasteiger partial charge in [0.15, 0.2) is 0 Å². The van der Waals surface area contributed by atoms with Gasteiger partial charge in [0, 0.05) is 18.4 Å². The van der Waals surface area contributed by atoms with E-state index in [0.717, 1.165) is 18.4 Å². The van der Waals surface area contributed by atoms with Crippen molar-refractivity contribution in [1.82, 2.24) is 0 Å². The van der Waals surface area contributed by atoms with Crippen LogP contribution in [0.5, 0.6) is 0 Å². The van der Waals surface area contributed by atoms with Gasteiger partial charge in [0.25, 0.3) is 0 Å². The topological polar surface area (TPSA) is 93.1 Å². The summed E-state index contributed by atoms with van der Waals surface area (Å²) in [5.74, 6) is -0.676. The molecule has 0 aromatic rings. The summed E-state index contributed by atoms with van der Waals surface area (Å²) in [7, 11) is 1.35. The zero-order valence-corrected chi connectivity index (χ0v) is 18.9. The van der Waals surface area contributed by atoms with Crippen molar-refractivity contribution in [3.63, 3.8) is 0 Å². The molecule has 29 heavy (non-hydrogen) atoms. The Morgan fingerprint density at radius 3 is 2.34 bits per heavy atom. The van der Waals surface area contributed by atoms with Gasteiger partial charge in [0.1, 0.15) is 6.10 Å². The van der Waals surface area contributed by atoms with E-state index in [0.29, 0.717) is 19.3 Å². The van der Waals surface area contributed by atoms with E-state index in [-0.39, 0.29) is 11.8 Å². The zero-order valence-electron chi connectivity index (χ0n) is 18.9. The van der Waals surface area contributed by atoms with Crippen LogP contribution in [0.25, 0.3) is 0 Å².